The third kappa shape index (κ3) is 2.10. The van der Waals surface area contributed by atoms with Crippen molar-refractivity contribution in [2.75, 3.05) is 7.05 Å². The summed E-state index contributed by atoms with van der Waals surface area (Å²) in [6.07, 6.45) is 1.60. The fraction of sp³-hybridized carbons (Fsp3) is 0.167. The number of carbonyl (C=O) groups is 1. The van der Waals surface area contributed by atoms with E-state index in [-0.39, 0.29) is 24.0 Å². The molecule has 0 aliphatic rings. The summed E-state index contributed by atoms with van der Waals surface area (Å²) in [4.78, 5) is 11.4. The van der Waals surface area contributed by atoms with Gasteiger partial charge in [-0.1, -0.05) is 6.07 Å². The minimum Gasteiger partial charge on any atom is -0.354 e. The van der Waals surface area contributed by atoms with Gasteiger partial charge in [0.2, 0.25) is 0 Å². The normalized spacial score (nSPS) is 10.4. The molecule has 0 aliphatic heterocycles. The van der Waals surface area contributed by atoms with Gasteiger partial charge in [0.25, 0.3) is 5.91 Å². The molecule has 1 aromatic carbocycles. The topological polar surface area (TPSA) is 72.9 Å². The Kier molecular flexibility index (Phi) is 3.38. The van der Waals surface area contributed by atoms with Crippen LogP contribution in [0.15, 0.2) is 30.5 Å². The van der Waals surface area contributed by atoms with Crippen molar-refractivity contribution in [3.63, 3.8) is 0 Å². The third-order valence-corrected chi connectivity index (χ3v) is 2.59. The van der Waals surface area contributed by atoms with Crippen LogP contribution in [0.1, 0.15) is 16.1 Å². The van der Waals surface area contributed by atoms with Crippen molar-refractivity contribution in [2.24, 2.45) is 5.73 Å². The molecule has 0 aliphatic carbocycles. The van der Waals surface area contributed by atoms with Crippen LogP contribution in [0.25, 0.3) is 5.69 Å². The van der Waals surface area contributed by atoms with Gasteiger partial charge in [0.05, 0.1) is 5.69 Å². The van der Waals surface area contributed by atoms with E-state index < -0.39 is 0 Å². The lowest BCUT2D eigenvalue weighted by Gasteiger charge is -2.08. The van der Waals surface area contributed by atoms with E-state index in [9.17, 15) is 9.18 Å². The van der Waals surface area contributed by atoms with Crippen molar-refractivity contribution in [1.82, 2.24) is 15.1 Å². The minimum atomic E-state index is -0.382. The maximum atomic E-state index is 13.6. The van der Waals surface area contributed by atoms with Crippen LogP contribution in [-0.2, 0) is 6.54 Å². The highest BCUT2D eigenvalue weighted by Crippen LogP contribution is 2.17. The molecule has 5 nitrogen and oxygen atoms in total. The first kappa shape index (κ1) is 12.3. The second-order valence-corrected chi connectivity index (χ2v) is 3.67. The van der Waals surface area contributed by atoms with Crippen molar-refractivity contribution in [1.29, 1.82) is 0 Å². The Morgan fingerprint density at radius 2 is 2.28 bits per heavy atom. The van der Waals surface area contributed by atoms with Gasteiger partial charge in [-0.25, -0.2) is 9.07 Å². The quantitative estimate of drug-likeness (QED) is 0.845. The number of amides is 1. The molecule has 2 rings (SSSR count). The number of aromatic nitrogens is 2. The maximum Gasteiger partial charge on any atom is 0.271 e. The lowest BCUT2D eigenvalue weighted by Crippen LogP contribution is -2.18. The van der Waals surface area contributed by atoms with E-state index in [0.29, 0.717) is 11.3 Å². The first-order chi connectivity index (χ1) is 8.67. The number of nitrogens with one attached hydrogen (secondary N) is 1. The summed E-state index contributed by atoms with van der Waals surface area (Å²) in [6, 6.07) is 6.18. The molecular formula is C12H13FN4O. The zero-order valence-corrected chi connectivity index (χ0v) is 9.85. The first-order valence-electron chi connectivity index (χ1n) is 5.43. The number of nitrogens with zero attached hydrogens (tertiary/aromatic N) is 2. The Morgan fingerprint density at radius 3 is 2.94 bits per heavy atom. The van der Waals surface area contributed by atoms with Crippen LogP contribution in [0.3, 0.4) is 0 Å². The minimum absolute atomic E-state index is 0.0666. The zero-order valence-electron chi connectivity index (χ0n) is 9.85. The van der Waals surface area contributed by atoms with Gasteiger partial charge in [-0.3, -0.25) is 4.79 Å². The molecule has 0 spiro atoms. The van der Waals surface area contributed by atoms with Crippen LogP contribution in [0.4, 0.5) is 4.39 Å². The molecule has 1 aromatic heterocycles. The second kappa shape index (κ2) is 4.97. The van der Waals surface area contributed by atoms with Crippen LogP contribution in [0, 0.1) is 5.82 Å². The predicted molar refractivity (Wildman–Crippen MR) is 64.8 cm³/mol. The molecule has 0 unspecified atom stereocenters. The second-order valence-electron chi connectivity index (χ2n) is 3.67. The highest BCUT2D eigenvalue weighted by Gasteiger charge is 2.12. The molecule has 0 bridgehead atoms. The van der Waals surface area contributed by atoms with E-state index in [1.165, 1.54) is 17.8 Å². The molecule has 1 amide bonds. The Bertz CT molecular complexity index is 579. The van der Waals surface area contributed by atoms with E-state index in [4.69, 9.17) is 5.73 Å². The molecule has 1 heterocycles. The number of carbonyl (C=O) groups excluding carboxylic acids is 1. The maximum absolute atomic E-state index is 13.6. The zero-order chi connectivity index (χ0) is 13.1. The summed E-state index contributed by atoms with van der Waals surface area (Å²) in [5, 5.41) is 6.56. The summed E-state index contributed by atoms with van der Waals surface area (Å²) in [7, 11) is 1.52. The molecule has 0 fully saturated rings. The van der Waals surface area contributed by atoms with Gasteiger partial charge in [-0.2, -0.15) is 5.10 Å². The molecule has 3 N–H and O–H groups in total. The number of rotatable bonds is 3. The fourth-order valence-corrected chi connectivity index (χ4v) is 1.67. The van der Waals surface area contributed by atoms with Gasteiger partial charge in [-0.15, -0.1) is 0 Å². The van der Waals surface area contributed by atoms with E-state index in [2.05, 4.69) is 10.4 Å². The van der Waals surface area contributed by atoms with E-state index in [1.54, 1.807) is 24.4 Å². The molecule has 0 saturated carbocycles. The van der Waals surface area contributed by atoms with Gasteiger partial charge in [-0.05, 0) is 18.2 Å². The van der Waals surface area contributed by atoms with Crippen molar-refractivity contribution in [2.45, 2.75) is 6.54 Å². The summed E-state index contributed by atoms with van der Waals surface area (Å²) in [5.41, 5.74) is 6.69. The molecular weight excluding hydrogens is 235 g/mol. The van der Waals surface area contributed by atoms with Gasteiger partial charge >= 0.3 is 0 Å². The van der Waals surface area contributed by atoms with Crippen LogP contribution < -0.4 is 11.1 Å². The van der Waals surface area contributed by atoms with Crippen LogP contribution in [0.2, 0.25) is 0 Å². The first-order valence-corrected chi connectivity index (χ1v) is 5.43. The van der Waals surface area contributed by atoms with E-state index in [1.807, 2.05) is 0 Å². The van der Waals surface area contributed by atoms with Crippen molar-refractivity contribution in [3.05, 3.63) is 47.5 Å². The SMILES string of the molecule is CNC(=O)c1ccn(-c2cccc(F)c2CN)n1. The predicted octanol–water partition coefficient (Wildman–Crippen LogP) is 0.830. The lowest BCUT2D eigenvalue weighted by molar-refractivity contribution is 0.0957. The highest BCUT2D eigenvalue weighted by atomic mass is 19.1. The average molecular weight is 248 g/mol. The molecule has 6 heteroatoms. The van der Waals surface area contributed by atoms with E-state index >= 15 is 0 Å². The van der Waals surface area contributed by atoms with Crippen LogP contribution >= 0.6 is 0 Å². The van der Waals surface area contributed by atoms with E-state index in [0.717, 1.165) is 0 Å². The summed E-state index contributed by atoms with van der Waals surface area (Å²) in [6.45, 7) is 0.0666. The third-order valence-electron chi connectivity index (χ3n) is 2.59. The van der Waals surface area contributed by atoms with Crippen LogP contribution in [0.5, 0.6) is 0 Å². The lowest BCUT2D eigenvalue weighted by atomic mass is 10.1. The Hall–Kier alpha value is -2.21. The Morgan fingerprint density at radius 1 is 1.50 bits per heavy atom. The Balaban J connectivity index is 2.46. The largest absolute Gasteiger partial charge is 0.354 e. The van der Waals surface area contributed by atoms with Crippen molar-refractivity contribution in [3.8, 4) is 5.69 Å². The molecule has 0 atom stereocenters. The molecule has 0 saturated heterocycles. The van der Waals surface area contributed by atoms with Crippen molar-refractivity contribution < 1.29 is 9.18 Å². The van der Waals surface area contributed by atoms with Crippen molar-refractivity contribution >= 4 is 5.91 Å². The summed E-state index contributed by atoms with van der Waals surface area (Å²) >= 11 is 0. The molecule has 0 radical (unpaired) electrons. The molecule has 18 heavy (non-hydrogen) atoms. The number of halogens is 1. The number of benzene rings is 1. The summed E-state index contributed by atoms with van der Waals surface area (Å²) in [5.74, 6) is -0.675. The highest BCUT2D eigenvalue weighted by molar-refractivity contribution is 5.91. The monoisotopic (exact) mass is 248 g/mol. The van der Waals surface area contributed by atoms with Gasteiger partial charge in [0.1, 0.15) is 5.82 Å². The molecule has 94 valence electrons. The fourth-order valence-electron chi connectivity index (χ4n) is 1.67. The van der Waals surface area contributed by atoms with Gasteiger partial charge in [0.15, 0.2) is 5.69 Å². The number of hydrogen-bond acceptors (Lipinski definition) is 3. The smallest absolute Gasteiger partial charge is 0.271 e. The number of nitrogens with two attached hydrogens (primary N) is 1. The van der Waals surface area contributed by atoms with Gasteiger partial charge < -0.3 is 11.1 Å². The molecule has 2 aromatic rings. The van der Waals surface area contributed by atoms with Gasteiger partial charge in [0, 0.05) is 25.4 Å². The number of hydrogen-bond donors (Lipinski definition) is 2. The standard InChI is InChI=1S/C12H13FN4O/c1-15-12(18)10-5-6-17(16-10)11-4-2-3-9(13)8(11)7-14/h2-6H,7,14H2,1H3,(H,15,18). The Labute approximate surface area is 103 Å². The average Bonchev–Trinajstić information content (AvgIpc) is 2.87. The summed E-state index contributed by atoms with van der Waals surface area (Å²) < 4.78 is 15.0. The van der Waals surface area contributed by atoms with Crippen LogP contribution in [-0.4, -0.2) is 22.7 Å².